The zero-order chi connectivity index (χ0) is 13.8. The zero-order valence-electron chi connectivity index (χ0n) is 10.5. The van der Waals surface area contributed by atoms with Gasteiger partial charge in [-0.05, 0) is 25.0 Å². The lowest BCUT2D eigenvalue weighted by molar-refractivity contribution is 0.499. The molecule has 0 aliphatic rings. The Hall–Kier alpha value is -1.37. The molecule has 1 heterocycles. The van der Waals surface area contributed by atoms with Gasteiger partial charge in [-0.1, -0.05) is 6.07 Å². The molecule has 0 bridgehead atoms. The van der Waals surface area contributed by atoms with Crippen LogP contribution in [0.25, 0.3) is 0 Å². The highest BCUT2D eigenvalue weighted by Crippen LogP contribution is 2.15. The second kappa shape index (κ2) is 6.18. The molecule has 0 radical (unpaired) electrons. The van der Waals surface area contributed by atoms with E-state index in [2.05, 4.69) is 10.4 Å². The summed E-state index contributed by atoms with van der Waals surface area (Å²) in [6.45, 7) is 1.93. The van der Waals surface area contributed by atoms with Gasteiger partial charge in [0.15, 0.2) is 0 Å². The second-order valence-corrected chi connectivity index (χ2v) is 5.43. The highest BCUT2D eigenvalue weighted by Gasteiger charge is 2.13. The number of hydrazine groups is 1. The van der Waals surface area contributed by atoms with E-state index >= 15 is 0 Å². The maximum Gasteiger partial charge on any atom is 0.129 e. The first kappa shape index (κ1) is 14.0. The summed E-state index contributed by atoms with van der Waals surface area (Å²) in [6, 6.07) is 3.44. The third kappa shape index (κ3) is 3.79. The molecular weight excluding hydrogens is 268 g/mol. The summed E-state index contributed by atoms with van der Waals surface area (Å²) in [7, 11) is 0. The minimum Gasteiger partial charge on any atom is -0.271 e. The molecule has 0 aliphatic carbocycles. The third-order valence-electron chi connectivity index (χ3n) is 2.84. The van der Waals surface area contributed by atoms with Crippen LogP contribution < -0.4 is 11.3 Å². The van der Waals surface area contributed by atoms with Gasteiger partial charge in [-0.25, -0.2) is 13.8 Å². The highest BCUT2D eigenvalue weighted by atomic mass is 32.1. The van der Waals surface area contributed by atoms with E-state index in [1.54, 1.807) is 11.3 Å². The average Bonchev–Trinajstić information content (AvgIpc) is 2.77. The van der Waals surface area contributed by atoms with Gasteiger partial charge < -0.3 is 0 Å². The molecule has 0 fully saturated rings. The Labute approximate surface area is 114 Å². The van der Waals surface area contributed by atoms with Crippen LogP contribution in [-0.4, -0.2) is 11.0 Å². The summed E-state index contributed by atoms with van der Waals surface area (Å²) < 4.78 is 26.4. The van der Waals surface area contributed by atoms with Crippen molar-refractivity contribution in [2.24, 2.45) is 5.84 Å². The van der Waals surface area contributed by atoms with Crippen molar-refractivity contribution in [2.75, 3.05) is 0 Å². The van der Waals surface area contributed by atoms with Crippen LogP contribution in [0.15, 0.2) is 23.6 Å². The van der Waals surface area contributed by atoms with Crippen LogP contribution in [-0.2, 0) is 12.8 Å². The Morgan fingerprint density at radius 2 is 2.16 bits per heavy atom. The number of nitrogens with zero attached hydrogens (tertiary/aromatic N) is 1. The summed E-state index contributed by atoms with van der Waals surface area (Å²) in [5.41, 5.74) is 4.02. The average molecular weight is 283 g/mol. The van der Waals surface area contributed by atoms with Crippen molar-refractivity contribution in [1.82, 2.24) is 10.4 Å². The smallest absolute Gasteiger partial charge is 0.129 e. The fourth-order valence-electron chi connectivity index (χ4n) is 1.90. The molecule has 1 unspecified atom stereocenters. The molecule has 19 heavy (non-hydrogen) atoms. The number of nitrogens with one attached hydrogen (secondary N) is 1. The molecule has 0 spiro atoms. The predicted molar refractivity (Wildman–Crippen MR) is 71.7 cm³/mol. The molecule has 0 saturated carbocycles. The third-order valence-corrected chi connectivity index (χ3v) is 3.66. The van der Waals surface area contributed by atoms with Crippen molar-refractivity contribution in [3.05, 3.63) is 51.5 Å². The van der Waals surface area contributed by atoms with E-state index in [1.165, 1.54) is 12.1 Å². The van der Waals surface area contributed by atoms with Gasteiger partial charge in [0.05, 0.1) is 10.7 Å². The van der Waals surface area contributed by atoms with Gasteiger partial charge >= 0.3 is 0 Å². The Morgan fingerprint density at radius 3 is 2.74 bits per heavy atom. The van der Waals surface area contributed by atoms with Crippen LogP contribution in [0.4, 0.5) is 8.78 Å². The molecule has 1 aromatic heterocycles. The van der Waals surface area contributed by atoms with Gasteiger partial charge in [-0.15, -0.1) is 11.3 Å². The fourth-order valence-corrected chi connectivity index (χ4v) is 2.52. The molecule has 3 nitrogen and oxygen atoms in total. The van der Waals surface area contributed by atoms with Crippen molar-refractivity contribution >= 4 is 11.3 Å². The number of hydrogen-bond acceptors (Lipinski definition) is 4. The molecule has 102 valence electrons. The monoisotopic (exact) mass is 283 g/mol. The highest BCUT2D eigenvalue weighted by molar-refractivity contribution is 7.09. The first-order valence-corrected chi connectivity index (χ1v) is 6.77. The lowest BCUT2D eigenvalue weighted by atomic mass is 10.0. The number of aromatic nitrogens is 1. The summed E-state index contributed by atoms with van der Waals surface area (Å²) >= 11 is 1.56. The number of rotatable bonds is 5. The van der Waals surface area contributed by atoms with Crippen molar-refractivity contribution < 1.29 is 8.78 Å². The van der Waals surface area contributed by atoms with Gasteiger partial charge in [0, 0.05) is 23.9 Å². The van der Waals surface area contributed by atoms with Gasteiger partial charge in [-0.2, -0.15) is 0 Å². The lowest BCUT2D eigenvalue weighted by Crippen LogP contribution is -2.38. The normalized spacial score (nSPS) is 12.6. The Bertz CT molecular complexity index is 557. The van der Waals surface area contributed by atoms with Crippen LogP contribution in [0.3, 0.4) is 0 Å². The van der Waals surface area contributed by atoms with Crippen LogP contribution in [0.2, 0.25) is 0 Å². The fraction of sp³-hybridized carbons (Fsp3) is 0.308. The summed E-state index contributed by atoms with van der Waals surface area (Å²) in [6.07, 6.45) is 0.997. The number of thiazole rings is 1. The van der Waals surface area contributed by atoms with Gasteiger partial charge in [-0.3, -0.25) is 11.3 Å². The molecule has 0 saturated heterocycles. The van der Waals surface area contributed by atoms with E-state index in [1.807, 2.05) is 12.3 Å². The standard InChI is InChI=1S/C13H15F2N3S/c1-8-17-12(7-19-8)6-11(18-16)4-9-2-3-10(14)5-13(9)15/h2-3,5,7,11,18H,4,6,16H2,1H3. The van der Waals surface area contributed by atoms with E-state index in [0.717, 1.165) is 16.8 Å². The Balaban J connectivity index is 2.06. The number of benzene rings is 1. The van der Waals surface area contributed by atoms with Crippen molar-refractivity contribution in [1.29, 1.82) is 0 Å². The van der Waals surface area contributed by atoms with E-state index in [4.69, 9.17) is 5.84 Å². The molecule has 2 aromatic rings. The van der Waals surface area contributed by atoms with E-state index in [0.29, 0.717) is 18.4 Å². The summed E-state index contributed by atoms with van der Waals surface area (Å²) in [5, 5.41) is 2.94. The quantitative estimate of drug-likeness (QED) is 0.654. The summed E-state index contributed by atoms with van der Waals surface area (Å²) in [5.74, 6) is 4.36. The van der Waals surface area contributed by atoms with Crippen molar-refractivity contribution in [3.8, 4) is 0 Å². The number of aryl methyl sites for hydroxylation is 1. The molecule has 6 heteroatoms. The Kier molecular flexibility index (Phi) is 4.57. The Morgan fingerprint density at radius 1 is 1.37 bits per heavy atom. The molecule has 0 aliphatic heterocycles. The summed E-state index contributed by atoms with van der Waals surface area (Å²) in [4.78, 5) is 4.35. The lowest BCUT2D eigenvalue weighted by Gasteiger charge is -2.15. The topological polar surface area (TPSA) is 50.9 Å². The van der Waals surface area contributed by atoms with Crippen LogP contribution in [0.5, 0.6) is 0 Å². The van der Waals surface area contributed by atoms with Gasteiger partial charge in [0.1, 0.15) is 11.6 Å². The molecule has 3 N–H and O–H groups in total. The molecular formula is C13H15F2N3S. The molecule has 0 amide bonds. The number of hydrogen-bond donors (Lipinski definition) is 2. The van der Waals surface area contributed by atoms with E-state index < -0.39 is 11.6 Å². The van der Waals surface area contributed by atoms with Gasteiger partial charge in [0.2, 0.25) is 0 Å². The van der Waals surface area contributed by atoms with Gasteiger partial charge in [0.25, 0.3) is 0 Å². The number of nitrogens with two attached hydrogens (primary N) is 1. The van der Waals surface area contributed by atoms with Crippen LogP contribution in [0, 0.1) is 18.6 Å². The molecule has 1 atom stereocenters. The van der Waals surface area contributed by atoms with Crippen LogP contribution >= 0.6 is 11.3 Å². The minimum absolute atomic E-state index is 0.138. The predicted octanol–water partition coefficient (Wildman–Crippen LogP) is 2.35. The first-order valence-electron chi connectivity index (χ1n) is 5.89. The largest absolute Gasteiger partial charge is 0.271 e. The number of halogens is 2. The zero-order valence-corrected chi connectivity index (χ0v) is 11.3. The first-order chi connectivity index (χ1) is 9.08. The van der Waals surface area contributed by atoms with E-state index in [-0.39, 0.29) is 6.04 Å². The maximum absolute atomic E-state index is 13.6. The van der Waals surface area contributed by atoms with E-state index in [9.17, 15) is 8.78 Å². The molecule has 2 rings (SSSR count). The van der Waals surface area contributed by atoms with Crippen LogP contribution in [0.1, 0.15) is 16.3 Å². The maximum atomic E-state index is 13.6. The molecule has 1 aromatic carbocycles. The SMILES string of the molecule is Cc1nc(CC(Cc2ccc(F)cc2F)NN)cs1. The minimum atomic E-state index is -0.575. The second-order valence-electron chi connectivity index (χ2n) is 4.37. The van der Waals surface area contributed by atoms with Crippen molar-refractivity contribution in [2.45, 2.75) is 25.8 Å². The van der Waals surface area contributed by atoms with Crippen molar-refractivity contribution in [3.63, 3.8) is 0 Å².